The molecule has 3 heterocycles. The smallest absolute Gasteiger partial charge is 0.222 e. The van der Waals surface area contributed by atoms with Crippen LogP contribution in [0.15, 0.2) is 18.6 Å². The molecule has 2 unspecified atom stereocenters. The summed E-state index contributed by atoms with van der Waals surface area (Å²) in [6, 6.07) is 2.54. The number of anilines is 1. The minimum absolute atomic E-state index is 0.300. The third-order valence-corrected chi connectivity index (χ3v) is 5.60. The van der Waals surface area contributed by atoms with E-state index in [1.807, 2.05) is 19.2 Å². The standard InChI is InChI=1S/C17H23N5O/c1-3-15(23)22-8-11-6-13(7-12(11)9-22)21(2)17-14-4-5-18-16(14)19-10-20-17/h4-5,10-13H,3,6-9H2,1-2H3,(H,18,19,20)/t11-,12?,13?/m0/s1. The molecule has 2 aliphatic rings. The first kappa shape index (κ1) is 14.5. The number of likely N-dealkylation sites (tertiary alicyclic amines) is 1. The molecule has 4 rings (SSSR count). The maximum atomic E-state index is 11.9. The molecule has 1 aliphatic heterocycles. The highest BCUT2D eigenvalue weighted by atomic mass is 16.2. The maximum absolute atomic E-state index is 11.9. The molecule has 0 spiro atoms. The van der Waals surface area contributed by atoms with Gasteiger partial charge in [-0.25, -0.2) is 9.97 Å². The number of hydrogen-bond donors (Lipinski definition) is 1. The number of aromatic nitrogens is 3. The van der Waals surface area contributed by atoms with Crippen LogP contribution in [0.2, 0.25) is 0 Å². The van der Waals surface area contributed by atoms with Gasteiger partial charge in [0.1, 0.15) is 17.8 Å². The van der Waals surface area contributed by atoms with Crippen LogP contribution in [0.25, 0.3) is 11.0 Å². The number of carbonyl (C=O) groups excluding carboxylic acids is 1. The van der Waals surface area contributed by atoms with E-state index in [-0.39, 0.29) is 0 Å². The molecule has 0 aromatic carbocycles. The minimum Gasteiger partial charge on any atom is -0.356 e. The number of H-pyrrole nitrogens is 1. The Morgan fingerprint density at radius 3 is 2.78 bits per heavy atom. The molecule has 1 N–H and O–H groups in total. The van der Waals surface area contributed by atoms with E-state index in [1.54, 1.807) is 6.33 Å². The van der Waals surface area contributed by atoms with Crippen molar-refractivity contribution in [2.45, 2.75) is 32.2 Å². The SMILES string of the molecule is CCC(=O)N1CC2CC(N(C)c3ncnc4[nH]ccc34)C[C@H]2C1. The second kappa shape index (κ2) is 5.51. The molecule has 2 fully saturated rings. The molecule has 6 nitrogen and oxygen atoms in total. The van der Waals surface area contributed by atoms with Crippen LogP contribution in [0, 0.1) is 11.8 Å². The molecule has 1 saturated heterocycles. The molecule has 2 aromatic heterocycles. The third kappa shape index (κ3) is 2.36. The van der Waals surface area contributed by atoms with Gasteiger partial charge < -0.3 is 14.8 Å². The molecular formula is C17H23N5O. The van der Waals surface area contributed by atoms with E-state index in [1.165, 1.54) is 0 Å². The van der Waals surface area contributed by atoms with Crippen LogP contribution in [0.5, 0.6) is 0 Å². The molecule has 3 atom stereocenters. The van der Waals surface area contributed by atoms with Gasteiger partial charge in [-0.3, -0.25) is 4.79 Å². The van der Waals surface area contributed by atoms with Gasteiger partial charge in [-0.05, 0) is 30.7 Å². The Balaban J connectivity index is 1.49. The van der Waals surface area contributed by atoms with Crippen molar-refractivity contribution in [3.8, 4) is 0 Å². The van der Waals surface area contributed by atoms with Gasteiger partial charge in [-0.1, -0.05) is 6.92 Å². The summed E-state index contributed by atoms with van der Waals surface area (Å²) in [6.07, 6.45) is 6.45. The highest BCUT2D eigenvalue weighted by Gasteiger charge is 2.43. The van der Waals surface area contributed by atoms with Crippen LogP contribution in [0.3, 0.4) is 0 Å². The van der Waals surface area contributed by atoms with E-state index in [0.29, 0.717) is 30.2 Å². The predicted octanol–water partition coefficient (Wildman–Crippen LogP) is 2.04. The first-order valence-corrected chi connectivity index (χ1v) is 8.46. The fraction of sp³-hybridized carbons (Fsp3) is 0.588. The Labute approximate surface area is 135 Å². The Morgan fingerprint density at radius 2 is 2.09 bits per heavy atom. The van der Waals surface area contributed by atoms with Crippen molar-refractivity contribution in [2.24, 2.45) is 11.8 Å². The number of aromatic amines is 1. The summed E-state index contributed by atoms with van der Waals surface area (Å²) in [6.45, 7) is 3.82. The second-order valence-corrected chi connectivity index (χ2v) is 6.85. The molecule has 1 amide bonds. The lowest BCUT2D eigenvalue weighted by molar-refractivity contribution is -0.130. The number of nitrogens with one attached hydrogen (secondary N) is 1. The number of amides is 1. The zero-order valence-electron chi connectivity index (χ0n) is 13.7. The van der Waals surface area contributed by atoms with Gasteiger partial charge in [0.15, 0.2) is 0 Å². The summed E-state index contributed by atoms with van der Waals surface area (Å²) in [5.74, 6) is 2.58. The fourth-order valence-corrected chi connectivity index (χ4v) is 4.32. The van der Waals surface area contributed by atoms with Gasteiger partial charge in [0.25, 0.3) is 0 Å². The van der Waals surface area contributed by atoms with E-state index < -0.39 is 0 Å². The number of nitrogens with zero attached hydrogens (tertiary/aromatic N) is 4. The van der Waals surface area contributed by atoms with Crippen molar-refractivity contribution < 1.29 is 4.79 Å². The fourth-order valence-electron chi connectivity index (χ4n) is 4.32. The average Bonchev–Trinajstić information content (AvgIpc) is 3.26. The molecule has 122 valence electrons. The monoisotopic (exact) mass is 313 g/mol. The Kier molecular flexibility index (Phi) is 3.47. The summed E-state index contributed by atoms with van der Waals surface area (Å²) in [5, 5.41) is 1.08. The van der Waals surface area contributed by atoms with Crippen LogP contribution >= 0.6 is 0 Å². The van der Waals surface area contributed by atoms with Crippen LogP contribution in [0.4, 0.5) is 5.82 Å². The number of carbonyl (C=O) groups is 1. The topological polar surface area (TPSA) is 65.1 Å². The van der Waals surface area contributed by atoms with E-state index in [2.05, 4.69) is 31.8 Å². The van der Waals surface area contributed by atoms with Gasteiger partial charge in [-0.2, -0.15) is 0 Å². The van der Waals surface area contributed by atoms with Crippen molar-refractivity contribution in [2.75, 3.05) is 25.0 Å². The minimum atomic E-state index is 0.300. The van der Waals surface area contributed by atoms with E-state index in [0.717, 1.165) is 42.8 Å². The van der Waals surface area contributed by atoms with Crippen molar-refractivity contribution >= 4 is 22.8 Å². The largest absolute Gasteiger partial charge is 0.356 e. The average molecular weight is 313 g/mol. The van der Waals surface area contributed by atoms with Gasteiger partial charge >= 0.3 is 0 Å². The van der Waals surface area contributed by atoms with E-state index >= 15 is 0 Å². The molecule has 0 radical (unpaired) electrons. The lowest BCUT2D eigenvalue weighted by Gasteiger charge is -2.28. The summed E-state index contributed by atoms with van der Waals surface area (Å²) >= 11 is 0. The number of rotatable bonds is 3. The van der Waals surface area contributed by atoms with Gasteiger partial charge in [-0.15, -0.1) is 0 Å². The van der Waals surface area contributed by atoms with Gasteiger partial charge in [0.05, 0.1) is 5.39 Å². The molecule has 6 heteroatoms. The van der Waals surface area contributed by atoms with E-state index in [4.69, 9.17) is 0 Å². The van der Waals surface area contributed by atoms with Crippen molar-refractivity contribution in [1.29, 1.82) is 0 Å². The number of hydrogen-bond acceptors (Lipinski definition) is 4. The van der Waals surface area contributed by atoms with E-state index in [9.17, 15) is 4.79 Å². The molecule has 23 heavy (non-hydrogen) atoms. The lowest BCUT2D eigenvalue weighted by Crippen LogP contribution is -2.34. The molecule has 0 bridgehead atoms. The molecule has 1 aliphatic carbocycles. The molecular weight excluding hydrogens is 290 g/mol. The first-order chi connectivity index (χ1) is 11.2. The third-order valence-electron chi connectivity index (χ3n) is 5.60. The first-order valence-electron chi connectivity index (χ1n) is 8.46. The highest BCUT2D eigenvalue weighted by molar-refractivity contribution is 5.87. The maximum Gasteiger partial charge on any atom is 0.222 e. The normalized spacial score (nSPS) is 26.7. The second-order valence-electron chi connectivity index (χ2n) is 6.85. The quantitative estimate of drug-likeness (QED) is 0.942. The van der Waals surface area contributed by atoms with Crippen molar-refractivity contribution in [3.05, 3.63) is 18.6 Å². The van der Waals surface area contributed by atoms with Gasteiger partial charge in [0.2, 0.25) is 5.91 Å². The zero-order valence-corrected chi connectivity index (χ0v) is 13.7. The number of fused-ring (bicyclic) bond motifs is 2. The van der Waals surface area contributed by atoms with Crippen molar-refractivity contribution in [1.82, 2.24) is 19.9 Å². The van der Waals surface area contributed by atoms with Gasteiger partial charge in [0, 0.05) is 38.8 Å². The summed E-state index contributed by atoms with van der Waals surface area (Å²) in [5.41, 5.74) is 0.889. The molecule has 2 aromatic rings. The van der Waals surface area contributed by atoms with Crippen LogP contribution < -0.4 is 4.90 Å². The summed E-state index contributed by atoms with van der Waals surface area (Å²) in [4.78, 5) is 28.2. The summed E-state index contributed by atoms with van der Waals surface area (Å²) in [7, 11) is 2.13. The molecule has 1 saturated carbocycles. The van der Waals surface area contributed by atoms with Crippen LogP contribution in [-0.2, 0) is 4.79 Å². The summed E-state index contributed by atoms with van der Waals surface area (Å²) < 4.78 is 0. The highest BCUT2D eigenvalue weighted by Crippen LogP contribution is 2.41. The Bertz CT molecular complexity index is 713. The van der Waals surface area contributed by atoms with Crippen LogP contribution in [0.1, 0.15) is 26.2 Å². The van der Waals surface area contributed by atoms with Crippen LogP contribution in [-0.4, -0.2) is 51.9 Å². The Morgan fingerprint density at radius 1 is 1.35 bits per heavy atom. The van der Waals surface area contributed by atoms with Crippen molar-refractivity contribution in [3.63, 3.8) is 0 Å². The lowest BCUT2D eigenvalue weighted by atomic mass is 10.0. The zero-order chi connectivity index (χ0) is 16.0. The predicted molar refractivity (Wildman–Crippen MR) is 89.2 cm³/mol. The Hall–Kier alpha value is -2.11.